The van der Waals surface area contributed by atoms with E-state index in [1.165, 1.54) is 25.7 Å². The minimum Gasteiger partial charge on any atom is -0.353 e. The summed E-state index contributed by atoms with van der Waals surface area (Å²) in [6, 6.07) is 4.65. The minimum atomic E-state index is 0.660. The van der Waals surface area contributed by atoms with Crippen molar-refractivity contribution in [3.63, 3.8) is 0 Å². The molecule has 1 aromatic heterocycles. The second-order valence-electron chi connectivity index (χ2n) is 5.32. The van der Waals surface area contributed by atoms with Gasteiger partial charge >= 0.3 is 0 Å². The Hall–Kier alpha value is -0.760. The number of anilines is 1. The quantitative estimate of drug-likeness (QED) is 0.801. The molecular formula is C14H21ClN2. The van der Waals surface area contributed by atoms with E-state index in [1.807, 2.05) is 12.1 Å². The van der Waals surface area contributed by atoms with E-state index >= 15 is 0 Å². The zero-order valence-electron chi connectivity index (χ0n) is 10.7. The smallest absolute Gasteiger partial charge is 0.128 e. The van der Waals surface area contributed by atoms with Gasteiger partial charge in [0.25, 0.3) is 0 Å². The minimum absolute atomic E-state index is 0.660. The molecule has 1 saturated carbocycles. The Bertz CT molecular complexity index is 342. The molecule has 0 spiro atoms. The monoisotopic (exact) mass is 252 g/mol. The van der Waals surface area contributed by atoms with Crippen LogP contribution in [0.1, 0.15) is 39.5 Å². The van der Waals surface area contributed by atoms with Crippen molar-refractivity contribution in [1.82, 2.24) is 4.98 Å². The van der Waals surface area contributed by atoms with Crippen LogP contribution in [0.5, 0.6) is 0 Å². The normalized spacial score (nSPS) is 16.7. The highest BCUT2D eigenvalue weighted by Crippen LogP contribution is 2.28. The van der Waals surface area contributed by atoms with Gasteiger partial charge in [-0.15, -0.1) is 0 Å². The van der Waals surface area contributed by atoms with Crippen molar-refractivity contribution in [2.24, 2.45) is 5.92 Å². The summed E-state index contributed by atoms with van der Waals surface area (Å²) in [7, 11) is 0. The van der Waals surface area contributed by atoms with E-state index in [2.05, 4.69) is 23.7 Å². The van der Waals surface area contributed by atoms with Gasteiger partial charge < -0.3 is 4.90 Å². The second-order valence-corrected chi connectivity index (χ2v) is 5.76. The molecule has 0 aliphatic heterocycles. The molecule has 3 heteroatoms. The van der Waals surface area contributed by atoms with Gasteiger partial charge in [0, 0.05) is 18.8 Å². The molecule has 94 valence electrons. The summed E-state index contributed by atoms with van der Waals surface area (Å²) < 4.78 is 0. The fourth-order valence-corrected chi connectivity index (χ4v) is 2.69. The van der Waals surface area contributed by atoms with Crippen LogP contribution in [0.15, 0.2) is 18.3 Å². The Labute approximate surface area is 109 Å². The molecule has 1 heterocycles. The van der Waals surface area contributed by atoms with Gasteiger partial charge in [-0.3, -0.25) is 0 Å². The van der Waals surface area contributed by atoms with Crippen LogP contribution in [0.2, 0.25) is 5.02 Å². The molecule has 0 aromatic carbocycles. The van der Waals surface area contributed by atoms with Crippen molar-refractivity contribution in [3.05, 3.63) is 23.4 Å². The maximum absolute atomic E-state index is 5.90. The summed E-state index contributed by atoms with van der Waals surface area (Å²) in [5.74, 6) is 1.74. The number of aromatic nitrogens is 1. The average molecular weight is 253 g/mol. The molecule has 0 radical (unpaired) electrons. The molecule has 0 saturated heterocycles. The molecule has 0 amide bonds. The van der Waals surface area contributed by atoms with Gasteiger partial charge in [0.05, 0.1) is 5.02 Å². The fourth-order valence-electron chi connectivity index (χ4n) is 2.58. The largest absolute Gasteiger partial charge is 0.353 e. The molecule has 1 aliphatic rings. The number of hydrogen-bond donors (Lipinski definition) is 0. The van der Waals surface area contributed by atoms with Crippen LogP contribution in [0.3, 0.4) is 0 Å². The summed E-state index contributed by atoms with van der Waals surface area (Å²) >= 11 is 5.90. The predicted molar refractivity (Wildman–Crippen MR) is 73.7 cm³/mol. The first-order valence-electron chi connectivity index (χ1n) is 6.55. The number of nitrogens with zero attached hydrogens (tertiary/aromatic N) is 2. The summed E-state index contributed by atoms with van der Waals surface area (Å²) in [6.07, 6.45) is 7.06. The molecule has 0 bridgehead atoms. The van der Waals surface area contributed by atoms with Gasteiger partial charge in [-0.25, -0.2) is 4.98 Å². The van der Waals surface area contributed by atoms with E-state index < -0.39 is 0 Å². The first-order valence-corrected chi connectivity index (χ1v) is 6.93. The van der Waals surface area contributed by atoms with Gasteiger partial charge in [-0.05, 0) is 30.9 Å². The van der Waals surface area contributed by atoms with E-state index in [1.54, 1.807) is 6.20 Å². The predicted octanol–water partition coefficient (Wildman–Crippen LogP) is 4.14. The SMILES string of the molecule is CC(C)CN(c1ccc(Cl)cn1)C1CCCC1. The maximum Gasteiger partial charge on any atom is 0.128 e. The molecule has 1 fully saturated rings. The van der Waals surface area contributed by atoms with E-state index in [-0.39, 0.29) is 0 Å². The average Bonchev–Trinajstić information content (AvgIpc) is 2.80. The summed E-state index contributed by atoms with van der Waals surface area (Å²) in [5, 5.41) is 0.713. The Balaban J connectivity index is 2.16. The Kier molecular flexibility index (Phi) is 4.27. The van der Waals surface area contributed by atoms with Gasteiger partial charge in [0.2, 0.25) is 0 Å². The van der Waals surface area contributed by atoms with Crippen LogP contribution in [-0.2, 0) is 0 Å². The Morgan fingerprint density at radius 2 is 2.06 bits per heavy atom. The van der Waals surface area contributed by atoms with Crippen LogP contribution in [0, 0.1) is 5.92 Å². The number of hydrogen-bond acceptors (Lipinski definition) is 2. The Morgan fingerprint density at radius 1 is 1.35 bits per heavy atom. The first kappa shape index (κ1) is 12.7. The molecular weight excluding hydrogens is 232 g/mol. The molecule has 2 nitrogen and oxygen atoms in total. The highest BCUT2D eigenvalue weighted by Gasteiger charge is 2.24. The van der Waals surface area contributed by atoms with Gasteiger partial charge in [0.1, 0.15) is 5.82 Å². The highest BCUT2D eigenvalue weighted by molar-refractivity contribution is 6.30. The third kappa shape index (κ3) is 3.35. The second kappa shape index (κ2) is 5.72. The summed E-state index contributed by atoms with van der Waals surface area (Å²) in [6.45, 7) is 5.61. The van der Waals surface area contributed by atoms with Crippen LogP contribution >= 0.6 is 11.6 Å². The van der Waals surface area contributed by atoms with Crippen molar-refractivity contribution in [2.45, 2.75) is 45.6 Å². The third-order valence-corrected chi connectivity index (χ3v) is 3.56. The van der Waals surface area contributed by atoms with Gasteiger partial charge in [-0.2, -0.15) is 0 Å². The van der Waals surface area contributed by atoms with Crippen molar-refractivity contribution in [2.75, 3.05) is 11.4 Å². The van der Waals surface area contributed by atoms with Crippen LogP contribution < -0.4 is 4.90 Å². The lowest BCUT2D eigenvalue weighted by Crippen LogP contribution is -2.36. The lowest BCUT2D eigenvalue weighted by atomic mass is 10.1. The van der Waals surface area contributed by atoms with Crippen LogP contribution in [0.4, 0.5) is 5.82 Å². The molecule has 2 rings (SSSR count). The zero-order chi connectivity index (χ0) is 12.3. The topological polar surface area (TPSA) is 16.1 Å². The molecule has 1 aliphatic carbocycles. The molecule has 1 aromatic rings. The number of pyridine rings is 1. The lowest BCUT2D eigenvalue weighted by molar-refractivity contribution is 0.531. The number of halogens is 1. The first-order chi connectivity index (χ1) is 8.16. The molecule has 0 atom stereocenters. The van der Waals surface area contributed by atoms with Crippen molar-refractivity contribution in [1.29, 1.82) is 0 Å². The zero-order valence-corrected chi connectivity index (χ0v) is 11.5. The summed E-state index contributed by atoms with van der Waals surface area (Å²) in [5.41, 5.74) is 0. The van der Waals surface area contributed by atoms with E-state index in [4.69, 9.17) is 11.6 Å². The van der Waals surface area contributed by atoms with Gasteiger partial charge in [-0.1, -0.05) is 38.3 Å². The van der Waals surface area contributed by atoms with Crippen LogP contribution in [0.25, 0.3) is 0 Å². The fraction of sp³-hybridized carbons (Fsp3) is 0.643. The molecule has 17 heavy (non-hydrogen) atoms. The standard InChI is InChI=1S/C14H21ClN2/c1-11(2)10-17(13-5-3-4-6-13)14-8-7-12(15)9-16-14/h7-9,11,13H,3-6,10H2,1-2H3. The summed E-state index contributed by atoms with van der Waals surface area (Å²) in [4.78, 5) is 6.94. The van der Waals surface area contributed by atoms with Gasteiger partial charge in [0.15, 0.2) is 0 Å². The lowest BCUT2D eigenvalue weighted by Gasteiger charge is -2.31. The van der Waals surface area contributed by atoms with Crippen molar-refractivity contribution < 1.29 is 0 Å². The highest BCUT2D eigenvalue weighted by atomic mass is 35.5. The van der Waals surface area contributed by atoms with E-state index in [0.717, 1.165) is 12.4 Å². The van der Waals surface area contributed by atoms with Crippen molar-refractivity contribution >= 4 is 17.4 Å². The van der Waals surface area contributed by atoms with Crippen molar-refractivity contribution in [3.8, 4) is 0 Å². The third-order valence-electron chi connectivity index (χ3n) is 3.33. The molecule has 0 unspecified atom stereocenters. The van der Waals surface area contributed by atoms with Crippen LogP contribution in [-0.4, -0.2) is 17.6 Å². The number of rotatable bonds is 4. The maximum atomic E-state index is 5.90. The molecule has 0 N–H and O–H groups in total. The van der Waals surface area contributed by atoms with E-state index in [0.29, 0.717) is 17.0 Å². The Morgan fingerprint density at radius 3 is 2.59 bits per heavy atom. The van der Waals surface area contributed by atoms with E-state index in [9.17, 15) is 0 Å².